The minimum absolute atomic E-state index is 0.286. The Kier molecular flexibility index (Phi) is 8.93. The maximum absolute atomic E-state index is 14.7. The Bertz CT molecular complexity index is 1340. The van der Waals surface area contributed by atoms with Gasteiger partial charge in [-0.25, -0.2) is 8.78 Å². The minimum atomic E-state index is -6.00. The third kappa shape index (κ3) is 6.79. The van der Waals surface area contributed by atoms with Crippen LogP contribution in [-0.2, 0) is 0 Å². The Morgan fingerprint density at radius 1 is 0.436 bits per heavy atom. The van der Waals surface area contributed by atoms with E-state index in [-0.39, 0.29) is 5.66 Å². The van der Waals surface area contributed by atoms with Crippen molar-refractivity contribution in [2.45, 2.75) is 5.66 Å². The smallest absolute Gasteiger partial charge is 0.418 e. The van der Waals surface area contributed by atoms with Crippen molar-refractivity contribution in [3.63, 3.8) is 0 Å². The molecule has 5 aromatic carbocycles. The summed E-state index contributed by atoms with van der Waals surface area (Å²) in [5.41, 5.74) is 1.37. The molecular formula is C31H24BF6P. The van der Waals surface area contributed by atoms with Gasteiger partial charge in [0.25, 0.3) is 0 Å². The highest BCUT2D eigenvalue weighted by molar-refractivity contribution is 7.96. The third-order valence-corrected chi connectivity index (χ3v) is 10.9. The number of hydrogen-bond acceptors (Lipinski definition) is 0. The average Bonchev–Trinajstić information content (AvgIpc) is 2.92. The summed E-state index contributed by atoms with van der Waals surface area (Å²) in [4.78, 5) is 0. The van der Waals surface area contributed by atoms with Crippen LogP contribution in [-0.4, -0.2) is 7.25 Å². The van der Waals surface area contributed by atoms with Gasteiger partial charge in [-0.1, -0.05) is 84.9 Å². The van der Waals surface area contributed by atoms with Gasteiger partial charge in [0, 0.05) is 11.6 Å². The van der Waals surface area contributed by atoms with Gasteiger partial charge in [0.05, 0.1) is 0 Å². The predicted molar refractivity (Wildman–Crippen MR) is 150 cm³/mol. The van der Waals surface area contributed by atoms with Crippen molar-refractivity contribution in [2.75, 3.05) is 0 Å². The molecule has 0 fully saturated rings. The van der Waals surface area contributed by atoms with Crippen LogP contribution in [0.2, 0.25) is 0 Å². The van der Waals surface area contributed by atoms with E-state index in [1.807, 2.05) is 72.8 Å². The van der Waals surface area contributed by atoms with E-state index in [0.29, 0.717) is 5.56 Å². The molecule has 0 amide bonds. The molecule has 0 spiro atoms. The van der Waals surface area contributed by atoms with E-state index in [4.69, 9.17) is 0 Å². The third-order valence-electron chi connectivity index (χ3n) is 6.19. The Morgan fingerprint density at radius 2 is 0.744 bits per heavy atom. The van der Waals surface area contributed by atoms with E-state index in [9.17, 15) is 26.0 Å². The normalized spacial score (nSPS) is 12.3. The van der Waals surface area contributed by atoms with Crippen molar-refractivity contribution in [1.82, 2.24) is 0 Å². The minimum Gasteiger partial charge on any atom is -0.418 e. The average molecular weight is 552 g/mol. The van der Waals surface area contributed by atoms with Crippen molar-refractivity contribution in [2.24, 2.45) is 0 Å². The molecule has 0 nitrogen and oxygen atoms in total. The second kappa shape index (κ2) is 12.4. The Labute approximate surface area is 224 Å². The number of rotatable bonds is 6. The summed E-state index contributed by atoms with van der Waals surface area (Å²) in [6, 6.07) is 45.2. The summed E-state index contributed by atoms with van der Waals surface area (Å²) in [6.45, 7) is 0. The lowest BCUT2D eigenvalue weighted by Gasteiger charge is -2.35. The number of hydrogen-bond donors (Lipinski definition) is 0. The zero-order chi connectivity index (χ0) is 27.9. The predicted octanol–water partition coefficient (Wildman–Crippen LogP) is 8.35. The first kappa shape index (κ1) is 28.2. The summed E-state index contributed by atoms with van der Waals surface area (Å²) >= 11 is 0. The molecule has 5 aromatic rings. The summed E-state index contributed by atoms with van der Waals surface area (Å²) in [5, 5.41) is 3.47. The topological polar surface area (TPSA) is 0 Å². The van der Waals surface area contributed by atoms with Gasteiger partial charge >= 0.3 is 7.25 Å². The quantitative estimate of drug-likeness (QED) is 0.113. The van der Waals surface area contributed by atoms with Crippen LogP contribution in [0.3, 0.4) is 0 Å². The van der Waals surface area contributed by atoms with Crippen LogP contribution >= 0.6 is 7.26 Å². The Morgan fingerprint density at radius 3 is 1.08 bits per heavy atom. The SMILES string of the molecule is F[B-](F)(F)F.Fc1cc(F)cc(C(c2ccccc2)[P+](c2ccccc2)(c2ccccc2)c2ccccc2)c1. The standard InChI is InChI=1S/C31H24F2P.BF4/c32-26-21-25(22-27(33)23-26)31(24-13-5-1-6-14-24)34(28-15-7-2-8-16-28,29-17-9-3-10-18-29)30-19-11-4-12-20-30;2-1(3,4)5/h1-23,31H;/q+1;-1. The summed E-state index contributed by atoms with van der Waals surface area (Å²) < 4.78 is 68.3. The van der Waals surface area contributed by atoms with E-state index in [0.717, 1.165) is 27.5 Å². The fourth-order valence-corrected chi connectivity index (χ4v) is 9.82. The zero-order valence-electron chi connectivity index (χ0n) is 20.6. The molecule has 0 aromatic heterocycles. The lowest BCUT2D eigenvalue weighted by atomic mass is 10.0. The summed E-state index contributed by atoms with van der Waals surface area (Å²) in [7, 11) is -8.48. The van der Waals surface area contributed by atoms with Gasteiger partial charge in [-0.05, 0) is 54.1 Å². The molecule has 198 valence electrons. The Hall–Kier alpha value is -3.83. The molecular weight excluding hydrogens is 528 g/mol. The van der Waals surface area contributed by atoms with E-state index >= 15 is 0 Å². The molecule has 1 unspecified atom stereocenters. The lowest BCUT2D eigenvalue weighted by molar-refractivity contribution is 0.368. The monoisotopic (exact) mass is 552 g/mol. The molecule has 0 aliphatic rings. The molecule has 5 rings (SSSR count). The molecule has 0 N–H and O–H groups in total. The van der Waals surface area contributed by atoms with Crippen LogP contribution in [0.15, 0.2) is 140 Å². The summed E-state index contributed by atoms with van der Waals surface area (Å²) in [5.74, 6) is -1.13. The van der Waals surface area contributed by atoms with Gasteiger partial charge < -0.3 is 17.3 Å². The van der Waals surface area contributed by atoms with E-state index < -0.39 is 26.2 Å². The second-order valence-electron chi connectivity index (χ2n) is 8.74. The molecule has 0 aliphatic heterocycles. The van der Waals surface area contributed by atoms with Crippen LogP contribution in [0, 0.1) is 11.6 Å². The molecule has 0 saturated heterocycles. The van der Waals surface area contributed by atoms with Gasteiger partial charge in [0.1, 0.15) is 40.5 Å². The highest BCUT2D eigenvalue weighted by atomic mass is 31.2. The van der Waals surface area contributed by atoms with Gasteiger partial charge in [-0.2, -0.15) is 0 Å². The van der Waals surface area contributed by atoms with Gasteiger partial charge in [-0.15, -0.1) is 0 Å². The molecule has 39 heavy (non-hydrogen) atoms. The van der Waals surface area contributed by atoms with Crippen molar-refractivity contribution >= 4 is 30.4 Å². The first-order valence-electron chi connectivity index (χ1n) is 12.1. The van der Waals surface area contributed by atoms with Gasteiger partial charge in [-0.3, -0.25) is 0 Å². The summed E-state index contributed by atoms with van der Waals surface area (Å²) in [6.07, 6.45) is 0. The van der Waals surface area contributed by atoms with Crippen LogP contribution in [0.4, 0.5) is 26.0 Å². The van der Waals surface area contributed by atoms with Crippen molar-refractivity contribution in [3.05, 3.63) is 162 Å². The van der Waals surface area contributed by atoms with Crippen LogP contribution < -0.4 is 15.9 Å². The molecule has 0 saturated carbocycles. The van der Waals surface area contributed by atoms with Crippen molar-refractivity contribution in [1.29, 1.82) is 0 Å². The first-order chi connectivity index (χ1) is 18.7. The first-order valence-corrected chi connectivity index (χ1v) is 14.0. The molecule has 0 bridgehead atoms. The molecule has 8 heteroatoms. The van der Waals surface area contributed by atoms with E-state index in [1.54, 1.807) is 0 Å². The van der Waals surface area contributed by atoms with Crippen LogP contribution in [0.25, 0.3) is 0 Å². The van der Waals surface area contributed by atoms with Gasteiger partial charge in [0.15, 0.2) is 0 Å². The molecule has 1 atom stereocenters. The maximum Gasteiger partial charge on any atom is 0.673 e. The van der Waals surface area contributed by atoms with E-state index in [2.05, 4.69) is 48.5 Å². The van der Waals surface area contributed by atoms with Crippen molar-refractivity contribution < 1.29 is 26.0 Å². The molecule has 0 aliphatic carbocycles. The van der Waals surface area contributed by atoms with E-state index in [1.165, 1.54) is 12.1 Å². The fourth-order valence-electron chi connectivity index (χ4n) is 4.89. The lowest BCUT2D eigenvalue weighted by Crippen LogP contribution is -2.35. The highest BCUT2D eigenvalue weighted by Gasteiger charge is 2.53. The Balaban J connectivity index is 0.000000648. The number of halogens is 6. The zero-order valence-corrected chi connectivity index (χ0v) is 21.5. The van der Waals surface area contributed by atoms with Crippen molar-refractivity contribution in [3.8, 4) is 0 Å². The molecule has 0 heterocycles. The maximum atomic E-state index is 14.7. The van der Waals surface area contributed by atoms with Crippen LogP contribution in [0.5, 0.6) is 0 Å². The fraction of sp³-hybridized carbons (Fsp3) is 0.0323. The largest absolute Gasteiger partial charge is 0.673 e. The number of benzene rings is 5. The molecule has 0 radical (unpaired) electrons. The van der Waals surface area contributed by atoms with Gasteiger partial charge in [0.2, 0.25) is 0 Å². The highest BCUT2D eigenvalue weighted by Crippen LogP contribution is 2.68. The van der Waals surface area contributed by atoms with Crippen LogP contribution in [0.1, 0.15) is 16.8 Å². The second-order valence-corrected chi connectivity index (χ2v) is 12.3.